The first-order chi connectivity index (χ1) is 21.2. The lowest BCUT2D eigenvalue weighted by Crippen LogP contribution is -2.34. The van der Waals surface area contributed by atoms with Crippen LogP contribution < -0.4 is 15.1 Å². The number of anilines is 1. The van der Waals surface area contributed by atoms with E-state index >= 15 is 0 Å². The van der Waals surface area contributed by atoms with E-state index in [4.69, 9.17) is 19.0 Å². The van der Waals surface area contributed by atoms with Crippen molar-refractivity contribution in [2.75, 3.05) is 57.4 Å². The standard InChI is InChI=1S/C31H28F2N2O9/c32-21-2-4-27-22(16-21)31(23-17-24(33)26(39)18-29(23)44-27)20-1-3-28(25(15-20)35(6-10-37)7-11-38)43-14-13-42-12-8-34(5-9-36)19-30(40)41/h1-4,9-11,15-18H,5-8,12-14,19H2,(H,40,41). The molecular weight excluding hydrogens is 582 g/mol. The predicted molar refractivity (Wildman–Crippen MR) is 155 cm³/mol. The van der Waals surface area contributed by atoms with E-state index in [0.717, 1.165) is 12.1 Å². The van der Waals surface area contributed by atoms with Gasteiger partial charge < -0.3 is 38.3 Å². The molecule has 0 bridgehead atoms. The fourth-order valence-electron chi connectivity index (χ4n) is 4.71. The predicted octanol–water partition coefficient (Wildman–Crippen LogP) is 3.03. The largest absolute Gasteiger partial charge is 0.489 e. The van der Waals surface area contributed by atoms with E-state index in [1.807, 2.05) is 0 Å². The molecule has 0 spiro atoms. The Balaban J connectivity index is 1.67. The molecular formula is C31H28F2N2O9. The van der Waals surface area contributed by atoms with E-state index in [2.05, 4.69) is 0 Å². The van der Waals surface area contributed by atoms with Crippen LogP contribution in [0.25, 0.3) is 33.4 Å². The maximum Gasteiger partial charge on any atom is 0.317 e. The van der Waals surface area contributed by atoms with E-state index in [1.165, 1.54) is 28.0 Å². The fourth-order valence-corrected chi connectivity index (χ4v) is 4.71. The molecule has 44 heavy (non-hydrogen) atoms. The molecule has 2 aromatic carbocycles. The van der Waals surface area contributed by atoms with Crippen molar-refractivity contribution in [2.45, 2.75) is 0 Å². The molecule has 1 aliphatic carbocycles. The Morgan fingerprint density at radius 3 is 2.36 bits per heavy atom. The summed E-state index contributed by atoms with van der Waals surface area (Å²) in [5.74, 6) is -2.31. The minimum absolute atomic E-state index is 0.0355. The number of carboxylic acid groups (broad SMARTS) is 1. The average molecular weight is 611 g/mol. The smallest absolute Gasteiger partial charge is 0.317 e. The molecule has 0 atom stereocenters. The summed E-state index contributed by atoms with van der Waals surface area (Å²) >= 11 is 0. The highest BCUT2D eigenvalue weighted by molar-refractivity contribution is 6.02. The molecule has 0 saturated carbocycles. The van der Waals surface area contributed by atoms with Crippen LogP contribution in [0.5, 0.6) is 5.75 Å². The third kappa shape index (κ3) is 7.68. The van der Waals surface area contributed by atoms with Crippen LogP contribution in [0.15, 0.2) is 57.7 Å². The highest BCUT2D eigenvalue weighted by Gasteiger charge is 2.22. The van der Waals surface area contributed by atoms with Crippen molar-refractivity contribution in [1.82, 2.24) is 4.90 Å². The summed E-state index contributed by atoms with van der Waals surface area (Å²) in [4.78, 5) is 59.6. The van der Waals surface area contributed by atoms with Gasteiger partial charge in [-0.15, -0.1) is 0 Å². The zero-order valence-electron chi connectivity index (χ0n) is 23.4. The lowest BCUT2D eigenvalue weighted by atomic mass is 9.93. The number of carbonyl (C=O) groups excluding carboxylic acids is 3. The quantitative estimate of drug-likeness (QED) is 0.107. The summed E-state index contributed by atoms with van der Waals surface area (Å²) in [5.41, 5.74) is 0.702. The Labute approximate surface area is 249 Å². The van der Waals surface area contributed by atoms with E-state index in [-0.39, 0.29) is 75.2 Å². The van der Waals surface area contributed by atoms with Gasteiger partial charge in [-0.3, -0.25) is 14.5 Å². The molecule has 1 heterocycles. The molecule has 1 aliphatic heterocycles. The second kappa shape index (κ2) is 14.9. The topological polar surface area (TPSA) is 144 Å². The summed E-state index contributed by atoms with van der Waals surface area (Å²) in [6.07, 6.45) is 1.82. The Kier molecular flexibility index (Phi) is 10.8. The van der Waals surface area contributed by atoms with Crippen molar-refractivity contribution in [3.8, 4) is 28.2 Å². The first-order valence-corrected chi connectivity index (χ1v) is 13.5. The van der Waals surface area contributed by atoms with Gasteiger partial charge >= 0.3 is 5.97 Å². The number of carbonyl (C=O) groups is 4. The summed E-state index contributed by atoms with van der Waals surface area (Å²) in [5, 5.41) is 9.24. The van der Waals surface area contributed by atoms with Crippen molar-refractivity contribution < 1.29 is 47.0 Å². The maximum atomic E-state index is 14.5. The van der Waals surface area contributed by atoms with Crippen LogP contribution in [-0.2, 0) is 23.9 Å². The number of nitrogens with zero attached hydrogens (tertiary/aromatic N) is 2. The molecule has 13 heteroatoms. The number of ether oxygens (including phenoxy) is 2. The van der Waals surface area contributed by atoms with Crippen LogP contribution in [0, 0.1) is 11.6 Å². The molecule has 11 nitrogen and oxygen atoms in total. The minimum Gasteiger partial charge on any atom is -0.489 e. The highest BCUT2D eigenvalue weighted by atomic mass is 19.1. The number of carboxylic acids is 1. The van der Waals surface area contributed by atoms with E-state index in [0.29, 0.717) is 41.1 Å². The monoisotopic (exact) mass is 610 g/mol. The number of hydrogen-bond acceptors (Lipinski definition) is 10. The Morgan fingerprint density at radius 1 is 0.909 bits per heavy atom. The van der Waals surface area contributed by atoms with Gasteiger partial charge in [0.05, 0.1) is 45.1 Å². The van der Waals surface area contributed by atoms with Crippen molar-refractivity contribution >= 4 is 41.5 Å². The molecule has 230 valence electrons. The Morgan fingerprint density at radius 2 is 1.66 bits per heavy atom. The van der Waals surface area contributed by atoms with Crippen LogP contribution in [0.3, 0.4) is 0 Å². The van der Waals surface area contributed by atoms with Crippen LogP contribution in [0.1, 0.15) is 0 Å². The van der Waals surface area contributed by atoms with Crippen LogP contribution in [0.4, 0.5) is 14.5 Å². The van der Waals surface area contributed by atoms with Crippen molar-refractivity contribution in [3.63, 3.8) is 0 Å². The second-order valence-electron chi connectivity index (χ2n) is 9.57. The molecule has 0 aromatic heterocycles. The van der Waals surface area contributed by atoms with Gasteiger partial charge in [0.1, 0.15) is 48.4 Å². The number of hydrogen-bond donors (Lipinski definition) is 1. The molecule has 1 N–H and O–H groups in total. The van der Waals surface area contributed by atoms with Gasteiger partial charge in [0, 0.05) is 29.1 Å². The van der Waals surface area contributed by atoms with Crippen molar-refractivity contribution in [3.05, 3.63) is 70.4 Å². The molecule has 0 fully saturated rings. The number of halogens is 2. The first-order valence-electron chi connectivity index (χ1n) is 13.5. The molecule has 0 radical (unpaired) electrons. The van der Waals surface area contributed by atoms with Gasteiger partial charge in [-0.2, -0.15) is 0 Å². The summed E-state index contributed by atoms with van der Waals surface area (Å²) in [6, 6.07) is 10.6. The normalized spacial score (nSPS) is 11.2. The molecule has 4 rings (SSSR count). The van der Waals surface area contributed by atoms with Gasteiger partial charge in [-0.1, -0.05) is 6.07 Å². The number of aldehydes is 3. The third-order valence-corrected chi connectivity index (χ3v) is 6.64. The SMILES string of the molecule is O=CCN(CCOCCOc1ccc(-c2c3cc(F)c(=O)cc-3oc3ccc(F)cc23)cc1N(CC=O)CC=O)CC(=O)O. The van der Waals surface area contributed by atoms with E-state index < -0.39 is 23.0 Å². The number of rotatable bonds is 17. The maximum absolute atomic E-state index is 14.5. The minimum atomic E-state index is -1.07. The Bertz CT molecular complexity index is 1680. The van der Waals surface area contributed by atoms with Gasteiger partial charge in [0.15, 0.2) is 5.82 Å². The van der Waals surface area contributed by atoms with Gasteiger partial charge in [-0.25, -0.2) is 8.78 Å². The summed E-state index contributed by atoms with van der Waals surface area (Å²) in [6.45, 7) is -0.228. The highest BCUT2D eigenvalue weighted by Crippen LogP contribution is 2.43. The molecule has 2 aliphatic rings. The van der Waals surface area contributed by atoms with Crippen molar-refractivity contribution in [2.24, 2.45) is 0 Å². The summed E-state index contributed by atoms with van der Waals surface area (Å²) in [7, 11) is 0. The van der Waals surface area contributed by atoms with Crippen LogP contribution in [-0.4, -0.2) is 87.4 Å². The lowest BCUT2D eigenvalue weighted by Gasteiger charge is -2.24. The van der Waals surface area contributed by atoms with Gasteiger partial charge in [0.2, 0.25) is 5.43 Å². The second-order valence-corrected chi connectivity index (χ2v) is 9.57. The molecule has 0 saturated heterocycles. The molecule has 0 amide bonds. The Hall–Kier alpha value is -5.01. The van der Waals surface area contributed by atoms with Crippen molar-refractivity contribution in [1.29, 1.82) is 0 Å². The number of benzene rings is 3. The zero-order valence-corrected chi connectivity index (χ0v) is 23.4. The van der Waals surface area contributed by atoms with Gasteiger partial charge in [0.25, 0.3) is 0 Å². The first kappa shape index (κ1) is 31.9. The van der Waals surface area contributed by atoms with E-state index in [1.54, 1.807) is 18.2 Å². The fraction of sp³-hybridized carbons (Fsp3) is 0.258. The number of aliphatic carboxylic acids is 1. The number of fused-ring (bicyclic) bond motifs is 2. The molecule has 2 aromatic rings. The molecule has 0 unspecified atom stereocenters. The summed E-state index contributed by atoms with van der Waals surface area (Å²) < 4.78 is 46.1. The zero-order chi connectivity index (χ0) is 31.6. The lowest BCUT2D eigenvalue weighted by molar-refractivity contribution is -0.138. The van der Waals surface area contributed by atoms with Crippen LogP contribution in [0.2, 0.25) is 0 Å². The van der Waals surface area contributed by atoms with E-state index in [9.17, 15) is 32.8 Å². The van der Waals surface area contributed by atoms with Crippen LogP contribution >= 0.6 is 0 Å². The third-order valence-electron chi connectivity index (χ3n) is 6.64. The average Bonchev–Trinajstić information content (AvgIpc) is 2.98. The van der Waals surface area contributed by atoms with Gasteiger partial charge in [-0.05, 0) is 42.0 Å².